The maximum atomic E-state index is 12.2. The smallest absolute Gasteiger partial charge is 0.272 e. The Morgan fingerprint density at radius 3 is 2.77 bits per heavy atom. The molecule has 6 nitrogen and oxygen atoms in total. The summed E-state index contributed by atoms with van der Waals surface area (Å²) < 4.78 is 0. The molecule has 0 bridgehead atoms. The highest BCUT2D eigenvalue weighted by Gasteiger charge is 2.17. The molecule has 0 spiro atoms. The zero-order valence-electron chi connectivity index (χ0n) is 12.0. The summed E-state index contributed by atoms with van der Waals surface area (Å²) in [6.45, 7) is 3.42. The molecule has 2 rings (SSSR count). The van der Waals surface area contributed by atoms with Crippen LogP contribution in [0.25, 0.3) is 0 Å². The lowest BCUT2D eigenvalue weighted by Crippen LogP contribution is -2.27. The van der Waals surface area contributed by atoms with E-state index >= 15 is 0 Å². The van der Waals surface area contributed by atoms with Gasteiger partial charge in [-0.15, -0.1) is 0 Å². The molecular formula is C15H14ClN3O3. The number of benzene rings is 1. The van der Waals surface area contributed by atoms with Crippen molar-refractivity contribution in [3.63, 3.8) is 0 Å². The molecule has 1 aromatic carbocycles. The Kier molecular flexibility index (Phi) is 4.72. The van der Waals surface area contributed by atoms with Gasteiger partial charge in [-0.1, -0.05) is 23.7 Å². The molecule has 0 aliphatic carbocycles. The molecule has 1 N–H and O–H groups in total. The first-order chi connectivity index (χ1) is 10.4. The molecule has 1 heterocycles. The number of nitro groups is 1. The molecule has 0 unspecified atom stereocenters. The number of hydrogen-bond donors (Lipinski definition) is 1. The molecule has 114 valence electrons. The second kappa shape index (κ2) is 6.53. The number of amides is 1. The fraction of sp³-hybridized carbons (Fsp3) is 0.200. The average molecular weight is 320 g/mol. The Balaban J connectivity index is 2.21. The maximum absolute atomic E-state index is 12.2. The minimum Gasteiger partial charge on any atom is -0.345 e. The van der Waals surface area contributed by atoms with Crippen molar-refractivity contribution in [1.82, 2.24) is 10.3 Å². The summed E-state index contributed by atoms with van der Waals surface area (Å²) in [7, 11) is 0. The Bertz CT molecular complexity index is 734. The van der Waals surface area contributed by atoms with Crippen molar-refractivity contribution in [2.45, 2.75) is 19.9 Å². The van der Waals surface area contributed by atoms with E-state index in [1.54, 1.807) is 26.0 Å². The number of nitrogens with zero attached hydrogens (tertiary/aromatic N) is 2. The van der Waals surface area contributed by atoms with Crippen LogP contribution in [-0.4, -0.2) is 15.8 Å². The first kappa shape index (κ1) is 15.9. The molecule has 1 amide bonds. The number of aromatic nitrogens is 1. The number of nitro benzene ring substituents is 1. The van der Waals surface area contributed by atoms with Gasteiger partial charge in [0.2, 0.25) is 0 Å². The van der Waals surface area contributed by atoms with E-state index in [-0.39, 0.29) is 16.6 Å². The molecular weight excluding hydrogens is 306 g/mol. The van der Waals surface area contributed by atoms with Crippen molar-refractivity contribution in [2.75, 3.05) is 0 Å². The van der Waals surface area contributed by atoms with Crippen LogP contribution in [0, 0.1) is 17.0 Å². The number of carbonyl (C=O) groups excluding carboxylic acids is 1. The van der Waals surface area contributed by atoms with Gasteiger partial charge < -0.3 is 5.32 Å². The fourth-order valence-electron chi connectivity index (χ4n) is 2.01. The quantitative estimate of drug-likeness (QED) is 0.691. The van der Waals surface area contributed by atoms with Gasteiger partial charge in [-0.3, -0.25) is 19.9 Å². The maximum Gasteiger partial charge on any atom is 0.272 e. The summed E-state index contributed by atoms with van der Waals surface area (Å²) in [5.41, 5.74) is 1.56. The summed E-state index contributed by atoms with van der Waals surface area (Å²) in [6.07, 6.45) is 2.86. The number of rotatable bonds is 4. The van der Waals surface area contributed by atoms with Crippen molar-refractivity contribution < 1.29 is 9.72 Å². The normalized spacial score (nSPS) is 11.8. The molecule has 2 aromatic rings. The van der Waals surface area contributed by atoms with Gasteiger partial charge in [0, 0.05) is 24.0 Å². The van der Waals surface area contributed by atoms with Crippen LogP contribution >= 0.6 is 11.6 Å². The van der Waals surface area contributed by atoms with Crippen LogP contribution in [0.1, 0.15) is 34.5 Å². The summed E-state index contributed by atoms with van der Waals surface area (Å²) in [5, 5.41) is 14.0. The molecule has 7 heteroatoms. The van der Waals surface area contributed by atoms with E-state index in [0.717, 1.165) is 0 Å². The predicted molar refractivity (Wildman–Crippen MR) is 83.0 cm³/mol. The topological polar surface area (TPSA) is 85.1 Å². The highest BCUT2D eigenvalue weighted by Crippen LogP contribution is 2.23. The van der Waals surface area contributed by atoms with Gasteiger partial charge in [0.1, 0.15) is 0 Å². The molecule has 0 aliphatic heterocycles. The second-order valence-electron chi connectivity index (χ2n) is 4.85. The lowest BCUT2D eigenvalue weighted by atomic mass is 10.0. The van der Waals surface area contributed by atoms with Gasteiger partial charge in [0.25, 0.3) is 11.6 Å². The van der Waals surface area contributed by atoms with Crippen LogP contribution in [0.5, 0.6) is 0 Å². The number of aryl methyl sites for hydroxylation is 1. The van der Waals surface area contributed by atoms with Crippen molar-refractivity contribution in [3.05, 3.63) is 68.5 Å². The fourth-order valence-corrected chi connectivity index (χ4v) is 2.21. The van der Waals surface area contributed by atoms with Gasteiger partial charge in [-0.2, -0.15) is 0 Å². The zero-order chi connectivity index (χ0) is 16.3. The molecule has 0 fully saturated rings. The van der Waals surface area contributed by atoms with Gasteiger partial charge in [-0.25, -0.2) is 0 Å². The predicted octanol–water partition coefficient (Wildman–Crippen LogP) is 3.44. The summed E-state index contributed by atoms with van der Waals surface area (Å²) in [5.74, 6) is -0.358. The zero-order valence-corrected chi connectivity index (χ0v) is 12.8. The number of hydrogen-bond acceptors (Lipinski definition) is 4. The van der Waals surface area contributed by atoms with Crippen molar-refractivity contribution >= 4 is 23.2 Å². The Morgan fingerprint density at radius 1 is 1.41 bits per heavy atom. The molecule has 0 aliphatic rings. The van der Waals surface area contributed by atoms with E-state index in [1.165, 1.54) is 24.5 Å². The van der Waals surface area contributed by atoms with Crippen molar-refractivity contribution in [2.24, 2.45) is 0 Å². The molecule has 1 aromatic heterocycles. The lowest BCUT2D eigenvalue weighted by molar-refractivity contribution is -0.385. The molecule has 22 heavy (non-hydrogen) atoms. The Labute approximate surface area is 132 Å². The van der Waals surface area contributed by atoms with Crippen LogP contribution in [0.4, 0.5) is 5.69 Å². The van der Waals surface area contributed by atoms with E-state index in [2.05, 4.69) is 10.3 Å². The monoisotopic (exact) mass is 319 g/mol. The van der Waals surface area contributed by atoms with Crippen LogP contribution in [-0.2, 0) is 0 Å². The van der Waals surface area contributed by atoms with E-state index in [9.17, 15) is 14.9 Å². The molecule has 0 saturated carbocycles. The third kappa shape index (κ3) is 3.40. The van der Waals surface area contributed by atoms with Gasteiger partial charge >= 0.3 is 0 Å². The minimum absolute atomic E-state index is 0.0283. The SMILES string of the molecule is Cc1ccc([C@@H](C)NC(=O)c2ccncc2Cl)cc1[N+](=O)[O-]. The molecule has 0 saturated heterocycles. The Morgan fingerprint density at radius 2 is 2.14 bits per heavy atom. The number of pyridine rings is 1. The lowest BCUT2D eigenvalue weighted by Gasteiger charge is -2.15. The van der Waals surface area contributed by atoms with Crippen molar-refractivity contribution in [1.29, 1.82) is 0 Å². The Hall–Kier alpha value is -2.47. The standard InChI is InChI=1S/C15H14ClN3O3/c1-9-3-4-11(7-14(9)19(21)22)10(2)18-15(20)12-5-6-17-8-13(12)16/h3-8,10H,1-2H3,(H,18,20)/t10-/m1/s1. The van der Waals surface area contributed by atoms with E-state index < -0.39 is 11.0 Å². The van der Waals surface area contributed by atoms with E-state index in [1.807, 2.05) is 0 Å². The molecule has 0 radical (unpaired) electrons. The summed E-state index contributed by atoms with van der Waals surface area (Å²) in [4.78, 5) is 26.5. The number of carbonyl (C=O) groups is 1. The molecule has 1 atom stereocenters. The number of nitrogens with one attached hydrogen (secondary N) is 1. The highest BCUT2D eigenvalue weighted by atomic mass is 35.5. The summed E-state index contributed by atoms with van der Waals surface area (Å²) >= 11 is 5.92. The van der Waals surface area contributed by atoms with Gasteiger partial charge in [-0.05, 0) is 25.5 Å². The van der Waals surface area contributed by atoms with Crippen LogP contribution < -0.4 is 5.32 Å². The van der Waals surface area contributed by atoms with E-state index in [4.69, 9.17) is 11.6 Å². The number of halogens is 1. The van der Waals surface area contributed by atoms with Crippen LogP contribution in [0.2, 0.25) is 5.02 Å². The van der Waals surface area contributed by atoms with Gasteiger partial charge in [0.15, 0.2) is 0 Å². The van der Waals surface area contributed by atoms with Gasteiger partial charge in [0.05, 0.1) is 21.6 Å². The largest absolute Gasteiger partial charge is 0.345 e. The van der Waals surface area contributed by atoms with Crippen molar-refractivity contribution in [3.8, 4) is 0 Å². The average Bonchev–Trinajstić information content (AvgIpc) is 2.47. The highest BCUT2D eigenvalue weighted by molar-refractivity contribution is 6.33. The third-order valence-corrected chi connectivity index (χ3v) is 3.60. The summed E-state index contributed by atoms with van der Waals surface area (Å²) in [6, 6.07) is 6.00. The van der Waals surface area contributed by atoms with E-state index in [0.29, 0.717) is 16.7 Å². The van der Waals surface area contributed by atoms with Crippen LogP contribution in [0.15, 0.2) is 36.7 Å². The van der Waals surface area contributed by atoms with Crippen LogP contribution in [0.3, 0.4) is 0 Å². The first-order valence-electron chi connectivity index (χ1n) is 6.55. The minimum atomic E-state index is -0.437. The third-order valence-electron chi connectivity index (χ3n) is 3.29. The first-order valence-corrected chi connectivity index (χ1v) is 6.93. The second-order valence-corrected chi connectivity index (χ2v) is 5.26.